The summed E-state index contributed by atoms with van der Waals surface area (Å²) < 4.78 is 0. The molecule has 0 bridgehead atoms. The molecule has 2 heteroatoms. The van der Waals surface area contributed by atoms with E-state index in [9.17, 15) is 5.11 Å². The SMILES string of the molecule is CC(C)C(O)(CC#N)C(C)C. The van der Waals surface area contributed by atoms with Gasteiger partial charge in [-0.05, 0) is 11.8 Å². The molecule has 0 aliphatic rings. The molecule has 0 unspecified atom stereocenters. The first-order chi connectivity index (χ1) is 4.95. The van der Waals surface area contributed by atoms with E-state index in [4.69, 9.17) is 5.26 Å². The van der Waals surface area contributed by atoms with E-state index in [0.717, 1.165) is 0 Å². The van der Waals surface area contributed by atoms with Crippen molar-refractivity contribution in [1.82, 2.24) is 0 Å². The lowest BCUT2D eigenvalue weighted by atomic mass is 9.78. The van der Waals surface area contributed by atoms with Crippen molar-refractivity contribution in [2.24, 2.45) is 11.8 Å². The first-order valence-corrected chi connectivity index (χ1v) is 4.04. The van der Waals surface area contributed by atoms with E-state index >= 15 is 0 Å². The highest BCUT2D eigenvalue weighted by Gasteiger charge is 2.34. The molecule has 11 heavy (non-hydrogen) atoms. The van der Waals surface area contributed by atoms with Crippen LogP contribution < -0.4 is 0 Å². The van der Waals surface area contributed by atoms with Gasteiger partial charge in [-0.1, -0.05) is 27.7 Å². The van der Waals surface area contributed by atoms with Crippen molar-refractivity contribution in [2.75, 3.05) is 0 Å². The predicted molar refractivity (Wildman–Crippen MR) is 44.9 cm³/mol. The van der Waals surface area contributed by atoms with Crippen LogP contribution in [-0.2, 0) is 0 Å². The van der Waals surface area contributed by atoms with Gasteiger partial charge in [0.05, 0.1) is 18.1 Å². The Balaban J connectivity index is 4.41. The van der Waals surface area contributed by atoms with Crippen LogP contribution in [0.15, 0.2) is 0 Å². The van der Waals surface area contributed by atoms with E-state index in [1.807, 2.05) is 33.8 Å². The lowest BCUT2D eigenvalue weighted by Gasteiger charge is -2.33. The first-order valence-electron chi connectivity index (χ1n) is 4.04. The molecule has 0 saturated carbocycles. The van der Waals surface area contributed by atoms with Crippen molar-refractivity contribution in [3.8, 4) is 6.07 Å². The molecular weight excluding hydrogens is 138 g/mol. The Kier molecular flexibility index (Phi) is 3.54. The second kappa shape index (κ2) is 3.73. The van der Waals surface area contributed by atoms with Crippen molar-refractivity contribution >= 4 is 0 Å². The minimum absolute atomic E-state index is 0.141. The van der Waals surface area contributed by atoms with Crippen molar-refractivity contribution in [3.05, 3.63) is 0 Å². The van der Waals surface area contributed by atoms with Crippen LogP contribution in [0.25, 0.3) is 0 Å². The summed E-state index contributed by atoms with van der Waals surface area (Å²) in [4.78, 5) is 0. The third kappa shape index (κ3) is 2.20. The van der Waals surface area contributed by atoms with E-state index in [1.165, 1.54) is 0 Å². The zero-order chi connectivity index (χ0) is 9.07. The average Bonchev–Trinajstić information content (AvgIpc) is 1.87. The van der Waals surface area contributed by atoms with Gasteiger partial charge in [-0.25, -0.2) is 0 Å². The maximum Gasteiger partial charge on any atom is 0.0822 e. The standard InChI is InChI=1S/C9H17NO/c1-7(2)9(11,5-6-10)8(3)4/h7-8,11H,5H2,1-4H3. The Morgan fingerprint density at radius 2 is 1.64 bits per heavy atom. The molecule has 0 saturated heterocycles. The van der Waals surface area contributed by atoms with E-state index in [1.54, 1.807) is 0 Å². The molecule has 0 fully saturated rings. The van der Waals surface area contributed by atoms with Crippen molar-refractivity contribution in [1.29, 1.82) is 5.26 Å². The maximum atomic E-state index is 9.94. The zero-order valence-corrected chi connectivity index (χ0v) is 7.76. The lowest BCUT2D eigenvalue weighted by Crippen LogP contribution is -2.40. The molecule has 2 nitrogen and oxygen atoms in total. The van der Waals surface area contributed by atoms with Crippen molar-refractivity contribution in [3.63, 3.8) is 0 Å². The number of hydrogen-bond donors (Lipinski definition) is 1. The van der Waals surface area contributed by atoms with E-state index in [2.05, 4.69) is 0 Å². The molecule has 1 N–H and O–H groups in total. The summed E-state index contributed by atoms with van der Waals surface area (Å²) in [6.45, 7) is 7.77. The van der Waals surface area contributed by atoms with Crippen LogP contribution >= 0.6 is 0 Å². The largest absolute Gasteiger partial charge is 0.388 e. The van der Waals surface area contributed by atoms with E-state index in [0.29, 0.717) is 0 Å². The molecule has 0 aliphatic heterocycles. The first kappa shape index (κ1) is 10.4. The van der Waals surface area contributed by atoms with Gasteiger partial charge in [-0.2, -0.15) is 5.26 Å². The van der Waals surface area contributed by atoms with Gasteiger partial charge in [0, 0.05) is 0 Å². The Labute approximate surface area is 68.8 Å². The van der Waals surface area contributed by atoms with Crippen LogP contribution in [0.5, 0.6) is 0 Å². The molecule has 0 rings (SSSR count). The Hall–Kier alpha value is -0.550. The fourth-order valence-corrected chi connectivity index (χ4v) is 1.20. The van der Waals surface area contributed by atoms with Gasteiger partial charge in [0.2, 0.25) is 0 Å². The van der Waals surface area contributed by atoms with E-state index in [-0.39, 0.29) is 18.3 Å². The van der Waals surface area contributed by atoms with Crippen molar-refractivity contribution < 1.29 is 5.11 Å². The Morgan fingerprint density at radius 1 is 1.27 bits per heavy atom. The predicted octanol–water partition coefficient (Wildman–Crippen LogP) is 1.94. The smallest absolute Gasteiger partial charge is 0.0822 e. The molecular formula is C9H17NO. The van der Waals surface area contributed by atoms with Gasteiger partial charge >= 0.3 is 0 Å². The van der Waals surface area contributed by atoms with E-state index < -0.39 is 5.60 Å². The van der Waals surface area contributed by atoms with Crippen LogP contribution in [0.1, 0.15) is 34.1 Å². The summed E-state index contributed by atoms with van der Waals surface area (Å²) in [6, 6.07) is 2.02. The molecule has 0 heterocycles. The average molecular weight is 155 g/mol. The van der Waals surface area contributed by atoms with Crippen molar-refractivity contribution in [2.45, 2.75) is 39.7 Å². The molecule has 64 valence electrons. The highest BCUT2D eigenvalue weighted by molar-refractivity contribution is 4.93. The zero-order valence-electron chi connectivity index (χ0n) is 7.76. The van der Waals surface area contributed by atoms with Crippen LogP contribution in [0, 0.1) is 23.2 Å². The van der Waals surface area contributed by atoms with Gasteiger partial charge in [-0.3, -0.25) is 0 Å². The van der Waals surface area contributed by atoms with Crippen LogP contribution in [-0.4, -0.2) is 10.7 Å². The summed E-state index contributed by atoms with van der Waals surface area (Å²) in [6.07, 6.45) is 0.225. The monoisotopic (exact) mass is 155 g/mol. The second-order valence-electron chi connectivity index (χ2n) is 3.64. The van der Waals surface area contributed by atoms with Gasteiger partial charge in [-0.15, -0.1) is 0 Å². The number of aliphatic hydroxyl groups is 1. The number of rotatable bonds is 3. The minimum Gasteiger partial charge on any atom is -0.388 e. The minimum atomic E-state index is -0.811. The molecule has 0 aliphatic carbocycles. The second-order valence-corrected chi connectivity index (χ2v) is 3.64. The van der Waals surface area contributed by atoms with Gasteiger partial charge in [0.15, 0.2) is 0 Å². The van der Waals surface area contributed by atoms with Gasteiger partial charge < -0.3 is 5.11 Å². The molecule has 0 amide bonds. The third-order valence-electron chi connectivity index (χ3n) is 2.36. The van der Waals surface area contributed by atoms with Crippen LogP contribution in [0.4, 0.5) is 0 Å². The summed E-state index contributed by atoms with van der Waals surface area (Å²) in [5.41, 5.74) is -0.811. The Bertz CT molecular complexity index is 147. The summed E-state index contributed by atoms with van der Waals surface area (Å²) in [7, 11) is 0. The topological polar surface area (TPSA) is 44.0 Å². The summed E-state index contributed by atoms with van der Waals surface area (Å²) in [5.74, 6) is 0.282. The number of nitrogens with zero attached hydrogens (tertiary/aromatic N) is 1. The number of nitriles is 1. The molecule has 0 radical (unpaired) electrons. The molecule has 0 aromatic rings. The van der Waals surface area contributed by atoms with Crippen LogP contribution in [0.3, 0.4) is 0 Å². The normalized spacial score (nSPS) is 12.2. The van der Waals surface area contributed by atoms with Gasteiger partial charge in [0.25, 0.3) is 0 Å². The lowest BCUT2D eigenvalue weighted by molar-refractivity contribution is -0.0423. The summed E-state index contributed by atoms with van der Waals surface area (Å²) >= 11 is 0. The maximum absolute atomic E-state index is 9.94. The highest BCUT2D eigenvalue weighted by Crippen LogP contribution is 2.28. The fourth-order valence-electron chi connectivity index (χ4n) is 1.20. The number of hydrogen-bond acceptors (Lipinski definition) is 2. The third-order valence-corrected chi connectivity index (χ3v) is 2.36. The molecule has 0 spiro atoms. The molecule has 0 atom stereocenters. The summed E-state index contributed by atoms with van der Waals surface area (Å²) in [5, 5.41) is 18.4. The fraction of sp³-hybridized carbons (Fsp3) is 0.889. The molecule has 0 aromatic carbocycles. The quantitative estimate of drug-likeness (QED) is 0.677. The Morgan fingerprint density at radius 3 is 1.73 bits per heavy atom. The highest BCUT2D eigenvalue weighted by atomic mass is 16.3. The molecule has 0 aromatic heterocycles. The van der Waals surface area contributed by atoms with Gasteiger partial charge in [0.1, 0.15) is 0 Å². The van der Waals surface area contributed by atoms with Crippen LogP contribution in [0.2, 0.25) is 0 Å².